The molecule has 0 aliphatic carbocycles. The lowest BCUT2D eigenvalue weighted by Crippen LogP contribution is -2.51. The zero-order valence-corrected chi connectivity index (χ0v) is 13.6. The predicted molar refractivity (Wildman–Crippen MR) is 85.6 cm³/mol. The Morgan fingerprint density at radius 2 is 1.85 bits per heavy atom. The highest BCUT2D eigenvalue weighted by atomic mass is 19.1. The van der Waals surface area contributed by atoms with Gasteiger partial charge < -0.3 is 40.0 Å². The Kier molecular flexibility index (Phi) is 6.45. The van der Waals surface area contributed by atoms with E-state index in [0.29, 0.717) is 0 Å². The molecule has 2 rings (SSSR count). The van der Waals surface area contributed by atoms with E-state index < -0.39 is 42.9 Å². The van der Waals surface area contributed by atoms with E-state index in [0.717, 1.165) is 0 Å². The van der Waals surface area contributed by atoms with Crippen LogP contribution in [-0.4, -0.2) is 80.0 Å². The van der Waals surface area contributed by atoms with E-state index in [4.69, 9.17) is 14.6 Å². The minimum Gasteiger partial charge on any atom is -0.493 e. The van der Waals surface area contributed by atoms with E-state index in [1.54, 1.807) is 0 Å². The zero-order valence-electron chi connectivity index (χ0n) is 13.6. The third-order valence-electron chi connectivity index (χ3n) is 3.75. The first kappa shape index (κ1) is 20.0. The second kappa shape index (κ2) is 8.38. The predicted octanol–water partition coefficient (Wildman–Crippen LogP) is -1.96. The highest BCUT2D eigenvalue weighted by molar-refractivity contribution is 5.81. The van der Waals surface area contributed by atoms with Gasteiger partial charge in [0.1, 0.15) is 18.3 Å². The van der Waals surface area contributed by atoms with E-state index in [1.807, 2.05) is 0 Å². The first-order valence-electron chi connectivity index (χ1n) is 7.49. The van der Waals surface area contributed by atoms with Crippen molar-refractivity contribution in [2.24, 2.45) is 0 Å². The Morgan fingerprint density at radius 3 is 2.42 bits per heavy atom. The molecule has 0 bridgehead atoms. The molecule has 0 saturated carbocycles. The number of aromatic amines is 1. The summed E-state index contributed by atoms with van der Waals surface area (Å²) in [5.74, 6) is 0.0425. The fraction of sp³-hybridized carbons (Fsp3) is 0.467. The van der Waals surface area contributed by atoms with Gasteiger partial charge in [-0.05, 0) is 6.07 Å². The van der Waals surface area contributed by atoms with Gasteiger partial charge in [0.2, 0.25) is 6.36 Å². The Morgan fingerprint density at radius 1 is 1.15 bits per heavy atom. The van der Waals surface area contributed by atoms with Crippen molar-refractivity contribution in [2.75, 3.05) is 13.7 Å². The van der Waals surface area contributed by atoms with Gasteiger partial charge in [-0.25, -0.2) is 9.37 Å². The molecule has 0 radical (unpaired) electrons. The normalized spacial score (nSPS) is 17.3. The van der Waals surface area contributed by atoms with Crippen LogP contribution in [0.3, 0.4) is 0 Å². The summed E-state index contributed by atoms with van der Waals surface area (Å²) in [5, 5.41) is 47.3. The van der Waals surface area contributed by atoms with Crippen molar-refractivity contribution in [1.29, 1.82) is 0 Å². The average Bonchev–Trinajstić information content (AvgIpc) is 2.63. The van der Waals surface area contributed by atoms with Crippen LogP contribution in [0.2, 0.25) is 0 Å². The van der Waals surface area contributed by atoms with Gasteiger partial charge in [0, 0.05) is 6.07 Å². The summed E-state index contributed by atoms with van der Waals surface area (Å²) in [6.45, 7) is -0.822. The number of H-pyrrole nitrogens is 1. The van der Waals surface area contributed by atoms with Gasteiger partial charge in [0.25, 0.3) is 5.56 Å². The number of benzene rings is 1. The lowest BCUT2D eigenvalue weighted by Gasteiger charge is -2.29. The number of rotatable bonds is 8. The van der Waals surface area contributed by atoms with Crippen LogP contribution in [-0.2, 0) is 0 Å². The number of aromatic nitrogens is 2. The fourth-order valence-corrected chi connectivity index (χ4v) is 2.29. The summed E-state index contributed by atoms with van der Waals surface area (Å²) >= 11 is 0. The van der Waals surface area contributed by atoms with Gasteiger partial charge in [-0.1, -0.05) is 0 Å². The maximum atomic E-state index is 12.7. The number of aliphatic hydroxyl groups excluding tert-OH is 5. The zero-order chi connectivity index (χ0) is 19.4. The van der Waals surface area contributed by atoms with E-state index >= 15 is 0 Å². The lowest BCUT2D eigenvalue weighted by atomic mass is 10.0. The molecule has 0 amide bonds. The van der Waals surface area contributed by atoms with Crippen LogP contribution in [0.4, 0.5) is 4.39 Å². The van der Waals surface area contributed by atoms with Gasteiger partial charge in [-0.2, -0.15) is 0 Å². The highest BCUT2D eigenvalue weighted by Gasteiger charge is 2.36. The minimum absolute atomic E-state index is 0.0290. The molecule has 26 heavy (non-hydrogen) atoms. The monoisotopic (exact) mass is 374 g/mol. The number of methoxy groups -OCH3 is 1. The standard InChI is InChI=1S/C15H19FN2O8/c1-25-8-2-6-7(17-5-18-15(6)24)3-9(8)26-10(4-19)11(20)12(21)13(22)14(16)23/h2-3,5,10-14,19-23H,4H2,1H3,(H,17,18,24)/t10-,11+,12-,13+,14?/m0/s1. The molecule has 0 fully saturated rings. The third kappa shape index (κ3) is 4.08. The summed E-state index contributed by atoms with van der Waals surface area (Å²) in [4.78, 5) is 18.1. The number of ether oxygens (including phenoxy) is 2. The Labute approximate surface area is 146 Å². The van der Waals surface area contributed by atoms with Crippen molar-refractivity contribution in [3.63, 3.8) is 0 Å². The van der Waals surface area contributed by atoms with Crippen molar-refractivity contribution in [3.8, 4) is 11.5 Å². The van der Waals surface area contributed by atoms with Crippen molar-refractivity contribution in [1.82, 2.24) is 9.97 Å². The maximum absolute atomic E-state index is 12.7. The van der Waals surface area contributed by atoms with Gasteiger partial charge in [-0.3, -0.25) is 4.79 Å². The van der Waals surface area contributed by atoms with E-state index in [2.05, 4.69) is 9.97 Å². The number of aliphatic hydroxyl groups is 5. The minimum atomic E-state index is -2.80. The van der Waals surface area contributed by atoms with Crippen LogP contribution in [0.5, 0.6) is 11.5 Å². The van der Waals surface area contributed by atoms with Crippen molar-refractivity contribution >= 4 is 10.9 Å². The number of hydrogen-bond acceptors (Lipinski definition) is 9. The molecule has 0 aliphatic rings. The molecule has 144 valence electrons. The molecule has 0 spiro atoms. The van der Waals surface area contributed by atoms with Crippen molar-refractivity contribution in [3.05, 3.63) is 28.8 Å². The van der Waals surface area contributed by atoms with Crippen molar-refractivity contribution in [2.45, 2.75) is 30.8 Å². The van der Waals surface area contributed by atoms with E-state index in [9.17, 15) is 29.6 Å². The smallest absolute Gasteiger partial charge is 0.258 e. The van der Waals surface area contributed by atoms with E-state index in [1.165, 1.54) is 25.6 Å². The number of alkyl halides is 1. The molecule has 1 unspecified atom stereocenters. The molecule has 6 N–H and O–H groups in total. The Bertz CT molecular complexity index is 799. The number of hydrogen-bond donors (Lipinski definition) is 6. The largest absolute Gasteiger partial charge is 0.493 e. The highest BCUT2D eigenvalue weighted by Crippen LogP contribution is 2.31. The molecule has 1 heterocycles. The maximum Gasteiger partial charge on any atom is 0.258 e. The molecule has 5 atom stereocenters. The number of nitrogens with zero attached hydrogens (tertiary/aromatic N) is 1. The molecular formula is C15H19FN2O8. The van der Waals surface area contributed by atoms with Crippen molar-refractivity contribution < 1.29 is 39.4 Å². The molecule has 0 saturated heterocycles. The molecule has 1 aromatic heterocycles. The van der Waals surface area contributed by atoms with Gasteiger partial charge in [0.15, 0.2) is 17.6 Å². The summed E-state index contributed by atoms with van der Waals surface area (Å²) in [6.07, 6.45) is -9.53. The summed E-state index contributed by atoms with van der Waals surface area (Å²) < 4.78 is 23.2. The molecular weight excluding hydrogens is 355 g/mol. The molecule has 0 aliphatic heterocycles. The van der Waals surface area contributed by atoms with Crippen LogP contribution < -0.4 is 15.0 Å². The second-order valence-corrected chi connectivity index (χ2v) is 5.44. The number of fused-ring (bicyclic) bond motifs is 1. The lowest BCUT2D eigenvalue weighted by molar-refractivity contribution is -0.162. The summed E-state index contributed by atoms with van der Waals surface area (Å²) in [6, 6.07) is 2.64. The third-order valence-corrected chi connectivity index (χ3v) is 3.75. The Hall–Kier alpha value is -2.31. The first-order chi connectivity index (χ1) is 12.3. The van der Waals surface area contributed by atoms with Crippen LogP contribution in [0.15, 0.2) is 23.3 Å². The van der Waals surface area contributed by atoms with Gasteiger partial charge in [-0.15, -0.1) is 0 Å². The summed E-state index contributed by atoms with van der Waals surface area (Å²) in [7, 11) is 1.29. The molecule has 1 aromatic carbocycles. The van der Waals surface area contributed by atoms with Gasteiger partial charge >= 0.3 is 0 Å². The number of nitrogens with one attached hydrogen (secondary N) is 1. The van der Waals surface area contributed by atoms with Crippen LogP contribution >= 0.6 is 0 Å². The van der Waals surface area contributed by atoms with E-state index in [-0.39, 0.29) is 22.4 Å². The summed E-state index contributed by atoms with van der Waals surface area (Å²) in [5.41, 5.74) is -0.190. The second-order valence-electron chi connectivity index (χ2n) is 5.44. The van der Waals surface area contributed by atoms with Crippen LogP contribution in [0.25, 0.3) is 10.9 Å². The fourth-order valence-electron chi connectivity index (χ4n) is 2.29. The van der Waals surface area contributed by atoms with Crippen LogP contribution in [0.1, 0.15) is 0 Å². The molecule has 11 heteroatoms. The topological polar surface area (TPSA) is 165 Å². The SMILES string of the molecule is COc1cc2c(=O)[nH]cnc2cc1O[C@@H](CO)[C@@H](O)[C@H](O)[C@@H](O)C(O)F. The number of halogens is 1. The average molecular weight is 374 g/mol. The quantitative estimate of drug-likeness (QED) is 0.308. The molecule has 10 nitrogen and oxygen atoms in total. The molecule has 2 aromatic rings. The Balaban J connectivity index is 2.33. The van der Waals surface area contributed by atoms with Gasteiger partial charge in [0.05, 0.1) is 30.9 Å². The van der Waals surface area contributed by atoms with Crippen LogP contribution in [0, 0.1) is 0 Å². The first-order valence-corrected chi connectivity index (χ1v) is 7.49.